The van der Waals surface area contributed by atoms with E-state index < -0.39 is 12.3 Å². The van der Waals surface area contributed by atoms with Crippen molar-refractivity contribution < 1.29 is 18.3 Å². The van der Waals surface area contributed by atoms with Gasteiger partial charge < -0.3 is 0 Å². The molecule has 0 saturated heterocycles. The molecule has 4 heteroatoms. The molecule has 11 heavy (non-hydrogen) atoms. The number of alkyl halides is 3. The van der Waals surface area contributed by atoms with Gasteiger partial charge in [0.25, 0.3) is 0 Å². The van der Waals surface area contributed by atoms with Crippen LogP contribution >= 0.6 is 0 Å². The fraction of sp³-hybridized carbons (Fsp3) is 1.00. The van der Waals surface area contributed by atoms with E-state index in [4.69, 9.17) is 0 Å². The lowest BCUT2D eigenvalue weighted by Gasteiger charge is -2.11. The molecular formula is C7H12F3O. The minimum absolute atomic E-state index is 0.329. The van der Waals surface area contributed by atoms with Crippen molar-refractivity contribution in [1.82, 2.24) is 0 Å². The van der Waals surface area contributed by atoms with Crippen molar-refractivity contribution in [1.29, 1.82) is 0 Å². The molecule has 0 rings (SSSR count). The highest BCUT2D eigenvalue weighted by molar-refractivity contribution is 4.64. The van der Waals surface area contributed by atoms with Crippen molar-refractivity contribution in [3.63, 3.8) is 0 Å². The SMILES string of the molecule is CCCCCC(F)C([O])(F)F. The quantitative estimate of drug-likeness (QED) is 0.564. The largest absolute Gasteiger partial charge is 0.411 e. The van der Waals surface area contributed by atoms with Gasteiger partial charge in [0.1, 0.15) is 0 Å². The van der Waals surface area contributed by atoms with Gasteiger partial charge in [-0.25, -0.2) is 4.39 Å². The Morgan fingerprint density at radius 2 is 1.91 bits per heavy atom. The van der Waals surface area contributed by atoms with Crippen LogP contribution in [0.4, 0.5) is 13.2 Å². The maximum absolute atomic E-state index is 12.2. The summed E-state index contributed by atoms with van der Waals surface area (Å²) in [5, 5.41) is 9.69. The fourth-order valence-corrected chi connectivity index (χ4v) is 0.742. The lowest BCUT2D eigenvalue weighted by molar-refractivity contribution is -0.279. The molecule has 1 atom stereocenters. The zero-order valence-electron chi connectivity index (χ0n) is 6.45. The second-order valence-electron chi connectivity index (χ2n) is 2.53. The van der Waals surface area contributed by atoms with Crippen LogP contribution in [0, 0.1) is 0 Å². The Morgan fingerprint density at radius 3 is 2.27 bits per heavy atom. The summed E-state index contributed by atoms with van der Waals surface area (Å²) < 4.78 is 35.4. The molecule has 67 valence electrons. The van der Waals surface area contributed by atoms with Crippen molar-refractivity contribution in [3.8, 4) is 0 Å². The van der Waals surface area contributed by atoms with Crippen LogP contribution in [0.25, 0.3) is 0 Å². The van der Waals surface area contributed by atoms with Gasteiger partial charge in [-0.05, 0) is 6.42 Å². The molecule has 0 N–H and O–H groups in total. The third-order valence-electron chi connectivity index (χ3n) is 1.43. The topological polar surface area (TPSA) is 19.9 Å². The monoisotopic (exact) mass is 169 g/mol. The molecule has 0 spiro atoms. The van der Waals surface area contributed by atoms with Gasteiger partial charge in [0.15, 0.2) is 6.17 Å². The molecule has 0 fully saturated rings. The summed E-state index contributed by atoms with van der Waals surface area (Å²) in [4.78, 5) is 0. The molecule has 1 radical (unpaired) electrons. The zero-order chi connectivity index (χ0) is 8.91. The molecule has 0 aromatic carbocycles. The highest BCUT2D eigenvalue weighted by atomic mass is 19.3. The lowest BCUT2D eigenvalue weighted by atomic mass is 10.1. The van der Waals surface area contributed by atoms with Crippen molar-refractivity contribution in [2.75, 3.05) is 0 Å². The second kappa shape index (κ2) is 4.59. The molecule has 0 heterocycles. The van der Waals surface area contributed by atoms with Crippen molar-refractivity contribution >= 4 is 0 Å². The molecule has 0 aromatic rings. The minimum atomic E-state index is -4.41. The van der Waals surface area contributed by atoms with Crippen molar-refractivity contribution in [3.05, 3.63) is 0 Å². The number of hydrogen-bond acceptors (Lipinski definition) is 0. The molecule has 0 amide bonds. The van der Waals surface area contributed by atoms with Crippen LogP contribution in [0.3, 0.4) is 0 Å². The van der Waals surface area contributed by atoms with Crippen molar-refractivity contribution in [2.24, 2.45) is 0 Å². The fourth-order valence-electron chi connectivity index (χ4n) is 0.742. The van der Waals surface area contributed by atoms with E-state index in [1.165, 1.54) is 0 Å². The molecular weight excluding hydrogens is 157 g/mol. The van der Waals surface area contributed by atoms with Crippen LogP contribution < -0.4 is 0 Å². The molecule has 0 aromatic heterocycles. The van der Waals surface area contributed by atoms with Crippen LogP contribution in [0.5, 0.6) is 0 Å². The van der Waals surface area contributed by atoms with Crippen LogP contribution in [-0.2, 0) is 5.11 Å². The molecule has 1 nitrogen and oxygen atoms in total. The maximum atomic E-state index is 12.2. The second-order valence-corrected chi connectivity index (χ2v) is 2.53. The minimum Gasteiger partial charge on any atom is -0.238 e. The third-order valence-corrected chi connectivity index (χ3v) is 1.43. The van der Waals surface area contributed by atoms with Crippen LogP contribution in [0.15, 0.2) is 0 Å². The first-order valence-electron chi connectivity index (χ1n) is 3.70. The number of hydrogen-bond donors (Lipinski definition) is 0. The Labute approximate surface area is 64.2 Å². The zero-order valence-corrected chi connectivity index (χ0v) is 6.45. The van der Waals surface area contributed by atoms with Gasteiger partial charge in [0, 0.05) is 0 Å². The maximum Gasteiger partial charge on any atom is 0.411 e. The highest BCUT2D eigenvalue weighted by Crippen LogP contribution is 2.23. The standard InChI is InChI=1S/C7H12F3O/c1-2-3-4-5-6(8)7(9,10)11/h6H,2-5H2,1H3. The van der Waals surface area contributed by atoms with Crippen LogP contribution in [0.1, 0.15) is 32.6 Å². The van der Waals surface area contributed by atoms with Gasteiger partial charge >= 0.3 is 6.11 Å². The Kier molecular flexibility index (Phi) is 4.49. The number of unbranched alkanes of at least 4 members (excludes halogenated alkanes) is 2. The first-order valence-corrected chi connectivity index (χ1v) is 3.70. The van der Waals surface area contributed by atoms with Gasteiger partial charge in [-0.2, -0.15) is 13.9 Å². The first kappa shape index (κ1) is 10.8. The van der Waals surface area contributed by atoms with E-state index in [9.17, 15) is 18.3 Å². The van der Waals surface area contributed by atoms with Gasteiger partial charge in [-0.3, -0.25) is 0 Å². The predicted molar refractivity (Wildman–Crippen MR) is 34.7 cm³/mol. The molecule has 0 aliphatic heterocycles. The summed E-state index contributed by atoms with van der Waals surface area (Å²) in [5.41, 5.74) is 0. The summed E-state index contributed by atoms with van der Waals surface area (Å²) in [5.74, 6) is 0. The Morgan fingerprint density at radius 1 is 1.36 bits per heavy atom. The summed E-state index contributed by atoms with van der Waals surface area (Å²) in [6.45, 7) is 1.88. The third kappa shape index (κ3) is 5.07. The van der Waals surface area contributed by atoms with E-state index in [0.29, 0.717) is 12.8 Å². The van der Waals surface area contributed by atoms with E-state index >= 15 is 0 Å². The molecule has 1 unspecified atom stereocenters. The predicted octanol–water partition coefficient (Wildman–Crippen LogP) is 2.93. The average Bonchev–Trinajstić information content (AvgIpc) is 1.86. The van der Waals surface area contributed by atoms with Gasteiger partial charge in [-0.15, -0.1) is 0 Å². The lowest BCUT2D eigenvalue weighted by Crippen LogP contribution is -2.27. The smallest absolute Gasteiger partial charge is 0.238 e. The van der Waals surface area contributed by atoms with E-state index in [0.717, 1.165) is 6.42 Å². The normalized spacial score (nSPS) is 15.0. The van der Waals surface area contributed by atoms with E-state index in [2.05, 4.69) is 0 Å². The Bertz CT molecular complexity index is 100. The van der Waals surface area contributed by atoms with Gasteiger partial charge in [0.05, 0.1) is 0 Å². The van der Waals surface area contributed by atoms with Crippen molar-refractivity contribution in [2.45, 2.75) is 44.9 Å². The molecule has 0 aliphatic carbocycles. The summed E-state index contributed by atoms with van der Waals surface area (Å²) in [7, 11) is 0. The van der Waals surface area contributed by atoms with Crippen LogP contribution in [0.2, 0.25) is 0 Å². The van der Waals surface area contributed by atoms with E-state index in [1.807, 2.05) is 6.92 Å². The Balaban J connectivity index is 3.44. The summed E-state index contributed by atoms with van der Waals surface area (Å²) in [6, 6.07) is 0. The van der Waals surface area contributed by atoms with E-state index in [1.54, 1.807) is 0 Å². The number of halogens is 3. The summed E-state index contributed by atoms with van der Waals surface area (Å²) in [6.07, 6.45) is -5.38. The number of rotatable bonds is 5. The van der Waals surface area contributed by atoms with Gasteiger partial charge in [0.2, 0.25) is 0 Å². The first-order chi connectivity index (χ1) is 4.98. The van der Waals surface area contributed by atoms with E-state index in [-0.39, 0.29) is 6.42 Å². The Hall–Kier alpha value is -0.250. The van der Waals surface area contributed by atoms with Crippen LogP contribution in [-0.4, -0.2) is 12.3 Å². The molecule has 0 saturated carbocycles. The summed E-state index contributed by atoms with van der Waals surface area (Å²) >= 11 is 0. The average molecular weight is 169 g/mol. The highest BCUT2D eigenvalue weighted by Gasteiger charge is 2.38. The molecule has 0 aliphatic rings. The molecule has 0 bridgehead atoms. The van der Waals surface area contributed by atoms with Gasteiger partial charge in [-0.1, -0.05) is 26.2 Å².